The standard InChI is InChI=1S/C22H25N3O/c1-16(19-10-6-4-7-11-19)23-22(26)15-14-21-17(2)24-25(18(21)3)20-12-8-5-9-13-20/h4-13,16H,14-15H2,1-3H3,(H,23,26)/t16-/m0/s1. The van der Waals surface area contributed by atoms with Crippen LogP contribution in [0.15, 0.2) is 60.7 Å². The fraction of sp³-hybridized carbons (Fsp3) is 0.273. The van der Waals surface area contributed by atoms with Crippen LogP contribution < -0.4 is 5.32 Å². The summed E-state index contributed by atoms with van der Waals surface area (Å²) < 4.78 is 1.95. The average molecular weight is 347 g/mol. The molecule has 0 bridgehead atoms. The summed E-state index contributed by atoms with van der Waals surface area (Å²) in [6.45, 7) is 6.08. The summed E-state index contributed by atoms with van der Waals surface area (Å²) in [5.74, 6) is 0.0626. The van der Waals surface area contributed by atoms with Gasteiger partial charge in [0.2, 0.25) is 5.91 Å². The molecule has 1 atom stereocenters. The summed E-state index contributed by atoms with van der Waals surface area (Å²) in [5, 5.41) is 7.73. The number of carbonyl (C=O) groups excluding carboxylic acids is 1. The van der Waals surface area contributed by atoms with Crippen molar-refractivity contribution in [3.63, 3.8) is 0 Å². The highest BCUT2D eigenvalue weighted by Gasteiger charge is 2.15. The van der Waals surface area contributed by atoms with Gasteiger partial charge in [-0.3, -0.25) is 4.79 Å². The molecule has 0 aliphatic heterocycles. The molecule has 0 saturated heterocycles. The van der Waals surface area contributed by atoms with Crippen molar-refractivity contribution in [3.8, 4) is 5.69 Å². The second-order valence-corrected chi connectivity index (χ2v) is 6.60. The van der Waals surface area contributed by atoms with E-state index in [4.69, 9.17) is 0 Å². The van der Waals surface area contributed by atoms with Gasteiger partial charge in [0, 0.05) is 12.1 Å². The number of nitrogens with zero attached hydrogens (tertiary/aromatic N) is 2. The Labute approximate surface area is 154 Å². The average Bonchev–Trinajstić information content (AvgIpc) is 2.95. The van der Waals surface area contributed by atoms with Gasteiger partial charge in [-0.15, -0.1) is 0 Å². The fourth-order valence-corrected chi connectivity index (χ4v) is 3.23. The van der Waals surface area contributed by atoms with Crippen LogP contribution in [-0.2, 0) is 11.2 Å². The Morgan fingerprint density at radius 1 is 1.04 bits per heavy atom. The second-order valence-electron chi connectivity index (χ2n) is 6.60. The van der Waals surface area contributed by atoms with Crippen LogP contribution in [0.1, 0.15) is 41.9 Å². The van der Waals surface area contributed by atoms with Crippen LogP contribution in [-0.4, -0.2) is 15.7 Å². The third kappa shape index (κ3) is 4.02. The lowest BCUT2D eigenvalue weighted by Gasteiger charge is -2.14. The minimum Gasteiger partial charge on any atom is -0.350 e. The second kappa shape index (κ2) is 8.00. The molecule has 4 heteroatoms. The molecule has 0 unspecified atom stereocenters. The van der Waals surface area contributed by atoms with E-state index in [1.54, 1.807) is 0 Å². The van der Waals surface area contributed by atoms with E-state index in [9.17, 15) is 4.79 Å². The summed E-state index contributed by atoms with van der Waals surface area (Å²) in [6.07, 6.45) is 1.15. The number of nitrogens with one attached hydrogen (secondary N) is 1. The number of aromatic nitrogens is 2. The molecule has 0 saturated carbocycles. The van der Waals surface area contributed by atoms with Gasteiger partial charge in [-0.2, -0.15) is 5.10 Å². The Kier molecular flexibility index (Phi) is 5.52. The Hall–Kier alpha value is -2.88. The largest absolute Gasteiger partial charge is 0.350 e. The zero-order valence-electron chi connectivity index (χ0n) is 15.6. The van der Waals surface area contributed by atoms with Crippen molar-refractivity contribution in [1.29, 1.82) is 0 Å². The van der Waals surface area contributed by atoms with Crippen LogP contribution in [0.3, 0.4) is 0 Å². The minimum absolute atomic E-state index is 0.0120. The highest BCUT2D eigenvalue weighted by molar-refractivity contribution is 5.76. The maximum atomic E-state index is 12.4. The van der Waals surface area contributed by atoms with Gasteiger partial charge in [0.15, 0.2) is 0 Å². The van der Waals surface area contributed by atoms with Gasteiger partial charge in [0.05, 0.1) is 17.4 Å². The molecule has 1 amide bonds. The topological polar surface area (TPSA) is 46.9 Å². The number of aryl methyl sites for hydroxylation is 1. The molecular weight excluding hydrogens is 322 g/mol. The predicted molar refractivity (Wildman–Crippen MR) is 104 cm³/mol. The lowest BCUT2D eigenvalue weighted by Crippen LogP contribution is -2.26. The molecule has 4 nitrogen and oxygen atoms in total. The first-order valence-corrected chi connectivity index (χ1v) is 9.01. The van der Waals surface area contributed by atoms with Crippen LogP contribution in [0.4, 0.5) is 0 Å². The Bertz CT molecular complexity index is 869. The lowest BCUT2D eigenvalue weighted by atomic mass is 10.1. The Morgan fingerprint density at radius 3 is 2.31 bits per heavy atom. The van der Waals surface area contributed by atoms with Crippen LogP contribution in [0.5, 0.6) is 0 Å². The number of rotatable bonds is 6. The molecule has 1 N–H and O–H groups in total. The zero-order valence-corrected chi connectivity index (χ0v) is 15.6. The zero-order chi connectivity index (χ0) is 18.5. The number of hydrogen-bond acceptors (Lipinski definition) is 2. The number of amides is 1. The van der Waals surface area contributed by atoms with Gasteiger partial charge < -0.3 is 5.32 Å². The number of benzene rings is 2. The van der Waals surface area contributed by atoms with Crippen LogP contribution >= 0.6 is 0 Å². The van der Waals surface area contributed by atoms with Gasteiger partial charge in [0.1, 0.15) is 0 Å². The molecule has 1 heterocycles. The molecule has 0 fully saturated rings. The first kappa shape index (κ1) is 17.9. The van der Waals surface area contributed by atoms with Gasteiger partial charge in [0.25, 0.3) is 0 Å². The third-order valence-electron chi connectivity index (χ3n) is 4.72. The van der Waals surface area contributed by atoms with E-state index < -0.39 is 0 Å². The van der Waals surface area contributed by atoms with E-state index >= 15 is 0 Å². The Balaban J connectivity index is 1.65. The van der Waals surface area contributed by atoms with Crippen molar-refractivity contribution in [3.05, 3.63) is 83.2 Å². The minimum atomic E-state index is 0.0120. The van der Waals surface area contributed by atoms with Crippen molar-refractivity contribution < 1.29 is 4.79 Å². The molecule has 0 radical (unpaired) electrons. The molecule has 0 aliphatic carbocycles. The quantitative estimate of drug-likeness (QED) is 0.723. The SMILES string of the molecule is Cc1nn(-c2ccccc2)c(C)c1CCC(=O)N[C@@H](C)c1ccccc1. The molecule has 26 heavy (non-hydrogen) atoms. The highest BCUT2D eigenvalue weighted by Crippen LogP contribution is 2.19. The monoisotopic (exact) mass is 347 g/mol. The summed E-state index contributed by atoms with van der Waals surface area (Å²) in [7, 11) is 0. The van der Waals surface area contributed by atoms with E-state index in [-0.39, 0.29) is 11.9 Å². The van der Waals surface area contributed by atoms with Gasteiger partial charge in [-0.05, 0) is 50.5 Å². The van der Waals surface area contributed by atoms with Crippen molar-refractivity contribution in [1.82, 2.24) is 15.1 Å². The van der Waals surface area contributed by atoms with E-state index in [2.05, 4.69) is 17.3 Å². The smallest absolute Gasteiger partial charge is 0.220 e. The summed E-state index contributed by atoms with van der Waals surface area (Å²) in [6, 6.07) is 20.1. The van der Waals surface area contributed by atoms with E-state index in [0.717, 1.165) is 28.2 Å². The summed E-state index contributed by atoms with van der Waals surface area (Å²) >= 11 is 0. The van der Waals surface area contributed by atoms with Crippen molar-refractivity contribution in [2.45, 2.75) is 39.7 Å². The molecule has 3 rings (SSSR count). The van der Waals surface area contributed by atoms with Crippen LogP contribution in [0.25, 0.3) is 5.69 Å². The highest BCUT2D eigenvalue weighted by atomic mass is 16.1. The third-order valence-corrected chi connectivity index (χ3v) is 4.72. The molecule has 1 aromatic heterocycles. The first-order chi connectivity index (χ1) is 12.6. The van der Waals surface area contributed by atoms with Gasteiger partial charge >= 0.3 is 0 Å². The predicted octanol–water partition coefficient (Wildman–Crippen LogP) is 4.30. The van der Waals surface area contributed by atoms with Gasteiger partial charge in [-0.25, -0.2) is 4.68 Å². The van der Waals surface area contributed by atoms with Crippen LogP contribution in [0.2, 0.25) is 0 Å². The van der Waals surface area contributed by atoms with Crippen molar-refractivity contribution >= 4 is 5.91 Å². The summed E-state index contributed by atoms with van der Waals surface area (Å²) in [5.41, 5.74) is 5.39. The molecular formula is C22H25N3O. The lowest BCUT2D eigenvalue weighted by molar-refractivity contribution is -0.121. The molecule has 0 aliphatic rings. The fourth-order valence-electron chi connectivity index (χ4n) is 3.23. The Morgan fingerprint density at radius 2 is 1.65 bits per heavy atom. The van der Waals surface area contributed by atoms with E-state index in [1.165, 1.54) is 0 Å². The normalized spacial score (nSPS) is 12.0. The van der Waals surface area contributed by atoms with Crippen molar-refractivity contribution in [2.24, 2.45) is 0 Å². The number of para-hydroxylation sites is 1. The molecule has 2 aromatic carbocycles. The molecule has 134 valence electrons. The van der Waals surface area contributed by atoms with Crippen molar-refractivity contribution in [2.75, 3.05) is 0 Å². The molecule has 0 spiro atoms. The summed E-state index contributed by atoms with van der Waals surface area (Å²) in [4.78, 5) is 12.4. The van der Waals surface area contributed by atoms with Gasteiger partial charge in [-0.1, -0.05) is 48.5 Å². The maximum Gasteiger partial charge on any atom is 0.220 e. The first-order valence-electron chi connectivity index (χ1n) is 9.01. The van der Waals surface area contributed by atoms with E-state index in [1.807, 2.05) is 79.2 Å². The molecule has 3 aromatic rings. The van der Waals surface area contributed by atoms with Crippen LogP contribution in [0, 0.1) is 13.8 Å². The van der Waals surface area contributed by atoms with E-state index in [0.29, 0.717) is 12.8 Å². The number of carbonyl (C=O) groups is 1. The number of hydrogen-bond donors (Lipinski definition) is 1. The maximum absolute atomic E-state index is 12.4.